The molecule has 3 rings (SSSR count). The second-order valence-electron chi connectivity index (χ2n) is 5.21. The van der Waals surface area contributed by atoms with E-state index in [1.54, 1.807) is 0 Å². The van der Waals surface area contributed by atoms with E-state index < -0.39 is 41.1 Å². The van der Waals surface area contributed by atoms with Crippen LogP contribution in [0.2, 0.25) is 0 Å². The molecule has 4 atom stereocenters. The minimum Gasteiger partial charge on any atom is -0.394 e. The van der Waals surface area contributed by atoms with Gasteiger partial charge in [0.15, 0.2) is 11.9 Å². The maximum Gasteiger partial charge on any atom is 0.311 e. The van der Waals surface area contributed by atoms with Crippen LogP contribution in [0.4, 0.5) is 5.95 Å². The van der Waals surface area contributed by atoms with Gasteiger partial charge < -0.3 is 25.8 Å². The average molecular weight is 330 g/mol. The highest BCUT2D eigenvalue weighted by molar-refractivity contribution is 7.16. The van der Waals surface area contributed by atoms with E-state index in [1.165, 1.54) is 6.92 Å². The van der Waals surface area contributed by atoms with E-state index >= 15 is 0 Å². The summed E-state index contributed by atoms with van der Waals surface area (Å²) in [6, 6.07) is 0. The zero-order valence-corrected chi connectivity index (χ0v) is 12.2. The summed E-state index contributed by atoms with van der Waals surface area (Å²) in [5.41, 5.74) is 3.08. The van der Waals surface area contributed by atoms with Crippen LogP contribution >= 0.6 is 11.3 Å². The van der Waals surface area contributed by atoms with Crippen molar-refractivity contribution in [2.24, 2.45) is 0 Å². The first-order valence-electron chi connectivity index (χ1n) is 6.35. The Morgan fingerprint density at radius 3 is 2.82 bits per heavy atom. The summed E-state index contributed by atoms with van der Waals surface area (Å²) >= 11 is 0.622. The lowest BCUT2D eigenvalue weighted by molar-refractivity contribution is -0.0804. The summed E-state index contributed by atoms with van der Waals surface area (Å²) in [4.78, 5) is 29.5. The number of thiazole rings is 1. The van der Waals surface area contributed by atoms with Gasteiger partial charge in [0.05, 0.1) is 6.61 Å². The standard InChI is InChI=1S/C11H14N4O6S/c1-11(20)3(2-16)21-8(5(11)17)15-6-4(22-10(15)19)7(18)14-9(12)13-6/h3,5,8,16-17,20H,2H2,1H3,(H3,12,13,14,18)/t3-,5+,8-,11-/m1/s1. The number of hydrogen-bond donors (Lipinski definition) is 5. The van der Waals surface area contributed by atoms with Crippen LogP contribution in [0.1, 0.15) is 13.2 Å². The average Bonchev–Trinajstić information content (AvgIpc) is 2.86. The minimum absolute atomic E-state index is 0.0297. The molecule has 22 heavy (non-hydrogen) atoms. The van der Waals surface area contributed by atoms with Gasteiger partial charge >= 0.3 is 4.87 Å². The topological polar surface area (TPSA) is 164 Å². The lowest BCUT2D eigenvalue weighted by Crippen LogP contribution is -2.46. The van der Waals surface area contributed by atoms with Crippen molar-refractivity contribution in [2.75, 3.05) is 12.3 Å². The number of nitrogens with zero attached hydrogens (tertiary/aromatic N) is 2. The Labute approximate surface area is 126 Å². The molecule has 1 aliphatic rings. The van der Waals surface area contributed by atoms with Crippen molar-refractivity contribution in [3.05, 3.63) is 20.0 Å². The van der Waals surface area contributed by atoms with E-state index in [4.69, 9.17) is 10.5 Å². The van der Waals surface area contributed by atoms with Crippen LogP contribution in [0, 0.1) is 0 Å². The van der Waals surface area contributed by atoms with E-state index in [0.717, 1.165) is 4.57 Å². The van der Waals surface area contributed by atoms with Gasteiger partial charge in [-0.15, -0.1) is 0 Å². The first kappa shape index (κ1) is 15.1. The molecule has 11 heteroatoms. The van der Waals surface area contributed by atoms with E-state index in [2.05, 4.69) is 9.97 Å². The molecule has 0 bridgehead atoms. The number of nitrogens with one attached hydrogen (secondary N) is 1. The molecule has 0 radical (unpaired) electrons. The van der Waals surface area contributed by atoms with Crippen LogP contribution in [0.15, 0.2) is 9.59 Å². The molecule has 6 N–H and O–H groups in total. The van der Waals surface area contributed by atoms with Crippen molar-refractivity contribution >= 4 is 27.6 Å². The SMILES string of the molecule is C[C@@]1(O)[C@@H](CO)O[C@@H](n2c(=O)sc3c(=O)[nH]c(N)nc32)[C@@H]1O. The fourth-order valence-corrected chi connectivity index (χ4v) is 3.30. The summed E-state index contributed by atoms with van der Waals surface area (Å²) in [6.45, 7) is 0.736. The third kappa shape index (κ3) is 1.98. The number of aliphatic hydroxyl groups excluding tert-OH is 2. The number of nitrogen functional groups attached to an aromatic ring is 1. The molecule has 1 saturated heterocycles. The van der Waals surface area contributed by atoms with E-state index in [-0.39, 0.29) is 16.3 Å². The third-order valence-corrected chi connectivity index (χ3v) is 4.68. The molecule has 0 unspecified atom stereocenters. The molecule has 2 aromatic rings. The third-order valence-electron chi connectivity index (χ3n) is 3.74. The number of rotatable bonds is 2. The smallest absolute Gasteiger partial charge is 0.311 e. The zero-order chi connectivity index (χ0) is 16.2. The molecule has 1 aliphatic heterocycles. The number of hydrogen-bond acceptors (Lipinski definition) is 9. The van der Waals surface area contributed by atoms with Crippen molar-refractivity contribution in [3.8, 4) is 0 Å². The largest absolute Gasteiger partial charge is 0.394 e. The van der Waals surface area contributed by atoms with Gasteiger partial charge in [-0.3, -0.25) is 19.1 Å². The molecule has 0 spiro atoms. The van der Waals surface area contributed by atoms with E-state index in [1.807, 2.05) is 0 Å². The Balaban J connectivity index is 2.21. The summed E-state index contributed by atoms with van der Waals surface area (Å²) < 4.78 is 6.37. The minimum atomic E-state index is -1.76. The maximum absolute atomic E-state index is 12.2. The number of ether oxygens (including phenoxy) is 1. The Morgan fingerprint density at radius 2 is 2.23 bits per heavy atom. The van der Waals surface area contributed by atoms with Gasteiger partial charge in [0.1, 0.15) is 22.5 Å². The normalized spacial score (nSPS) is 31.9. The maximum atomic E-state index is 12.2. The second-order valence-corrected chi connectivity index (χ2v) is 6.17. The van der Waals surface area contributed by atoms with Gasteiger partial charge in [-0.25, -0.2) is 0 Å². The summed E-state index contributed by atoms with van der Waals surface area (Å²) in [6.07, 6.45) is -3.88. The predicted molar refractivity (Wildman–Crippen MR) is 76.5 cm³/mol. The molecule has 2 aromatic heterocycles. The van der Waals surface area contributed by atoms with E-state index in [0.29, 0.717) is 11.3 Å². The van der Waals surface area contributed by atoms with Crippen LogP contribution < -0.4 is 16.2 Å². The van der Waals surface area contributed by atoms with Crippen LogP contribution in [0.3, 0.4) is 0 Å². The fourth-order valence-electron chi connectivity index (χ4n) is 2.46. The number of aromatic nitrogens is 3. The number of aliphatic hydroxyl groups is 3. The zero-order valence-electron chi connectivity index (χ0n) is 11.4. The Bertz CT molecular complexity index is 839. The Hall–Kier alpha value is -1.79. The molecular formula is C11H14N4O6S. The number of anilines is 1. The van der Waals surface area contributed by atoms with Gasteiger partial charge in [-0.05, 0) is 6.92 Å². The van der Waals surface area contributed by atoms with Crippen LogP contribution in [0.25, 0.3) is 10.3 Å². The lowest BCUT2D eigenvalue weighted by atomic mass is 9.95. The summed E-state index contributed by atoms with van der Waals surface area (Å²) in [5.74, 6) is -0.193. The number of fused-ring (bicyclic) bond motifs is 1. The van der Waals surface area contributed by atoms with Gasteiger partial charge in [-0.2, -0.15) is 4.98 Å². The fraction of sp³-hybridized carbons (Fsp3) is 0.545. The summed E-state index contributed by atoms with van der Waals surface area (Å²) in [5, 5.41) is 29.7. The Morgan fingerprint density at radius 1 is 1.55 bits per heavy atom. The molecular weight excluding hydrogens is 316 g/mol. The molecule has 0 aromatic carbocycles. The van der Waals surface area contributed by atoms with Crippen LogP contribution in [-0.2, 0) is 4.74 Å². The molecule has 1 fully saturated rings. The van der Waals surface area contributed by atoms with Gasteiger partial charge in [0.2, 0.25) is 5.95 Å². The highest BCUT2D eigenvalue weighted by atomic mass is 32.1. The first-order valence-corrected chi connectivity index (χ1v) is 7.16. The van der Waals surface area contributed by atoms with Crippen LogP contribution in [0.5, 0.6) is 0 Å². The quantitative estimate of drug-likeness (QED) is 0.411. The Kier molecular flexibility index (Phi) is 3.34. The number of aromatic amines is 1. The van der Waals surface area contributed by atoms with Crippen molar-refractivity contribution in [1.29, 1.82) is 0 Å². The van der Waals surface area contributed by atoms with Gasteiger partial charge in [0, 0.05) is 0 Å². The van der Waals surface area contributed by atoms with Crippen LogP contribution in [-0.4, -0.2) is 54.3 Å². The molecule has 120 valence electrons. The molecule has 0 saturated carbocycles. The predicted octanol–water partition coefficient (Wildman–Crippen LogP) is -2.27. The first-order chi connectivity index (χ1) is 10.3. The monoisotopic (exact) mass is 330 g/mol. The number of H-pyrrole nitrogens is 1. The molecule has 0 amide bonds. The highest BCUT2D eigenvalue weighted by Gasteiger charge is 2.53. The van der Waals surface area contributed by atoms with Crippen molar-refractivity contribution in [1.82, 2.24) is 14.5 Å². The van der Waals surface area contributed by atoms with Crippen molar-refractivity contribution in [3.63, 3.8) is 0 Å². The van der Waals surface area contributed by atoms with Gasteiger partial charge in [0.25, 0.3) is 5.56 Å². The molecule has 0 aliphatic carbocycles. The molecule has 3 heterocycles. The molecule has 10 nitrogen and oxygen atoms in total. The van der Waals surface area contributed by atoms with Crippen molar-refractivity contribution in [2.45, 2.75) is 31.0 Å². The lowest BCUT2D eigenvalue weighted by Gasteiger charge is -2.24. The summed E-state index contributed by atoms with van der Waals surface area (Å²) in [7, 11) is 0. The van der Waals surface area contributed by atoms with Crippen molar-refractivity contribution < 1.29 is 20.1 Å². The highest BCUT2D eigenvalue weighted by Crippen LogP contribution is 2.37. The second kappa shape index (κ2) is 4.86. The number of nitrogens with two attached hydrogens (primary N) is 1. The van der Waals surface area contributed by atoms with E-state index in [9.17, 15) is 24.9 Å². The van der Waals surface area contributed by atoms with Gasteiger partial charge in [-0.1, -0.05) is 11.3 Å².